The number of nitrogens with zero attached hydrogens (tertiary/aromatic N) is 3. The first-order chi connectivity index (χ1) is 10.6. The molecule has 1 amide bonds. The van der Waals surface area contributed by atoms with Crippen LogP contribution >= 0.6 is 0 Å². The van der Waals surface area contributed by atoms with Crippen LogP contribution in [-0.4, -0.2) is 29.5 Å². The van der Waals surface area contributed by atoms with Crippen molar-refractivity contribution in [2.24, 2.45) is 5.92 Å². The summed E-state index contributed by atoms with van der Waals surface area (Å²) in [5.74, 6) is -0.184. The number of benzene rings is 1. The normalized spacial score (nSPS) is 17.0. The van der Waals surface area contributed by atoms with Gasteiger partial charge in [-0.25, -0.2) is 14.4 Å². The topological polar surface area (TPSA) is 55.3 Å². The molecule has 1 aromatic heterocycles. The van der Waals surface area contributed by atoms with Gasteiger partial charge in [0.05, 0.1) is 12.8 Å². The van der Waals surface area contributed by atoms with Crippen molar-refractivity contribution in [2.75, 3.05) is 18.6 Å². The highest BCUT2D eigenvalue weighted by Crippen LogP contribution is 2.33. The standard InChI is InChI=1S/C16H16FN3O2/c1-10-6-11-4-3-5-12(17)15(11)20(8-10)16(21)13-7-14(22-2)19-9-18-13/h3-5,7,9-10H,6,8H2,1-2H3/t10-/m0/s1. The van der Waals surface area contributed by atoms with Crippen molar-refractivity contribution in [2.45, 2.75) is 13.3 Å². The molecule has 1 aliphatic rings. The van der Waals surface area contributed by atoms with E-state index in [-0.39, 0.29) is 17.5 Å². The molecule has 2 aromatic rings. The number of hydrogen-bond acceptors (Lipinski definition) is 4. The second-order valence-electron chi connectivity index (χ2n) is 5.42. The van der Waals surface area contributed by atoms with E-state index in [0.29, 0.717) is 18.1 Å². The fourth-order valence-electron chi connectivity index (χ4n) is 2.76. The van der Waals surface area contributed by atoms with E-state index in [4.69, 9.17) is 4.74 Å². The summed E-state index contributed by atoms with van der Waals surface area (Å²) in [6.07, 6.45) is 2.02. The van der Waals surface area contributed by atoms with Crippen LogP contribution in [0.15, 0.2) is 30.6 Å². The lowest BCUT2D eigenvalue weighted by Crippen LogP contribution is -2.40. The predicted molar refractivity (Wildman–Crippen MR) is 79.5 cm³/mol. The maximum absolute atomic E-state index is 14.2. The molecule has 6 heteroatoms. The van der Waals surface area contributed by atoms with Crippen LogP contribution in [0, 0.1) is 11.7 Å². The summed E-state index contributed by atoms with van der Waals surface area (Å²) in [6, 6.07) is 6.36. The van der Waals surface area contributed by atoms with Gasteiger partial charge in [0.1, 0.15) is 17.8 Å². The zero-order valence-corrected chi connectivity index (χ0v) is 12.4. The minimum absolute atomic E-state index is 0.190. The third-order valence-corrected chi connectivity index (χ3v) is 3.72. The van der Waals surface area contributed by atoms with Gasteiger partial charge in [-0.15, -0.1) is 0 Å². The average molecular weight is 301 g/mol. The molecule has 1 atom stereocenters. The van der Waals surface area contributed by atoms with Crippen molar-refractivity contribution in [3.8, 4) is 5.88 Å². The number of fused-ring (bicyclic) bond motifs is 1. The maximum atomic E-state index is 14.2. The van der Waals surface area contributed by atoms with Gasteiger partial charge in [0.25, 0.3) is 5.91 Å². The molecule has 1 aromatic carbocycles. The van der Waals surface area contributed by atoms with E-state index in [9.17, 15) is 9.18 Å². The zero-order valence-electron chi connectivity index (χ0n) is 12.4. The first kappa shape index (κ1) is 14.4. The summed E-state index contributed by atoms with van der Waals surface area (Å²) in [5.41, 5.74) is 1.38. The number of rotatable bonds is 2. The Morgan fingerprint density at radius 1 is 1.41 bits per heavy atom. The van der Waals surface area contributed by atoms with Gasteiger partial charge in [-0.05, 0) is 24.0 Å². The third kappa shape index (κ3) is 2.52. The van der Waals surface area contributed by atoms with E-state index in [1.54, 1.807) is 6.07 Å². The number of carbonyl (C=O) groups is 1. The van der Waals surface area contributed by atoms with Gasteiger partial charge in [0, 0.05) is 12.6 Å². The summed E-state index contributed by atoms with van der Waals surface area (Å²) in [6.45, 7) is 2.49. The first-order valence-electron chi connectivity index (χ1n) is 7.05. The fourth-order valence-corrected chi connectivity index (χ4v) is 2.76. The average Bonchev–Trinajstić information content (AvgIpc) is 2.53. The predicted octanol–water partition coefficient (Wildman–Crippen LogP) is 2.46. The Balaban J connectivity index is 2.03. The molecule has 0 radical (unpaired) electrons. The smallest absolute Gasteiger partial charge is 0.277 e. The van der Waals surface area contributed by atoms with E-state index in [0.717, 1.165) is 12.0 Å². The van der Waals surface area contributed by atoms with Crippen molar-refractivity contribution < 1.29 is 13.9 Å². The summed E-state index contributed by atoms with van der Waals surface area (Å²) < 4.78 is 19.2. The highest BCUT2D eigenvalue weighted by Gasteiger charge is 2.30. The second-order valence-corrected chi connectivity index (χ2v) is 5.42. The van der Waals surface area contributed by atoms with Crippen molar-refractivity contribution >= 4 is 11.6 Å². The number of ether oxygens (including phenoxy) is 1. The van der Waals surface area contributed by atoms with Crippen molar-refractivity contribution in [1.29, 1.82) is 0 Å². The largest absolute Gasteiger partial charge is 0.481 e. The van der Waals surface area contributed by atoms with E-state index < -0.39 is 5.82 Å². The monoisotopic (exact) mass is 301 g/mol. The molecule has 22 heavy (non-hydrogen) atoms. The zero-order chi connectivity index (χ0) is 15.7. The minimum atomic E-state index is -0.390. The Labute approximate surface area is 127 Å². The SMILES string of the molecule is COc1cc(C(=O)N2C[C@@H](C)Cc3cccc(F)c32)ncn1. The molecule has 0 saturated heterocycles. The molecular weight excluding hydrogens is 285 g/mol. The number of halogens is 1. The fraction of sp³-hybridized carbons (Fsp3) is 0.312. The van der Waals surface area contributed by atoms with Gasteiger partial charge in [0.2, 0.25) is 5.88 Å². The lowest BCUT2D eigenvalue weighted by molar-refractivity contribution is 0.0974. The number of carbonyl (C=O) groups excluding carboxylic acids is 1. The van der Waals surface area contributed by atoms with Crippen LogP contribution in [0.2, 0.25) is 0 Å². The van der Waals surface area contributed by atoms with Crippen LogP contribution in [0.1, 0.15) is 23.0 Å². The molecule has 0 spiro atoms. The summed E-state index contributed by atoms with van der Waals surface area (Å²) in [4.78, 5) is 22.1. The van der Waals surface area contributed by atoms with Gasteiger partial charge in [-0.3, -0.25) is 4.79 Å². The van der Waals surface area contributed by atoms with E-state index in [1.807, 2.05) is 13.0 Å². The Bertz CT molecular complexity index is 720. The first-order valence-corrected chi connectivity index (χ1v) is 7.05. The van der Waals surface area contributed by atoms with Crippen LogP contribution in [0.25, 0.3) is 0 Å². The molecule has 0 saturated carbocycles. The lowest BCUT2D eigenvalue weighted by atomic mass is 9.93. The van der Waals surface area contributed by atoms with Gasteiger partial charge in [-0.1, -0.05) is 19.1 Å². The molecule has 3 rings (SSSR count). The number of aromatic nitrogens is 2. The van der Waals surface area contributed by atoms with Crippen molar-refractivity contribution in [1.82, 2.24) is 9.97 Å². The number of anilines is 1. The van der Waals surface area contributed by atoms with Crippen LogP contribution < -0.4 is 9.64 Å². The van der Waals surface area contributed by atoms with Crippen molar-refractivity contribution in [3.05, 3.63) is 47.7 Å². The number of para-hydroxylation sites is 1. The quantitative estimate of drug-likeness (QED) is 0.855. The molecule has 1 aliphatic heterocycles. The molecule has 2 heterocycles. The van der Waals surface area contributed by atoms with Crippen LogP contribution in [0.4, 0.5) is 10.1 Å². The molecule has 0 aliphatic carbocycles. The highest BCUT2D eigenvalue weighted by molar-refractivity contribution is 6.05. The van der Waals surface area contributed by atoms with Crippen molar-refractivity contribution in [3.63, 3.8) is 0 Å². The Hall–Kier alpha value is -2.50. The Morgan fingerprint density at radius 3 is 3.00 bits per heavy atom. The van der Waals surface area contributed by atoms with Gasteiger partial charge < -0.3 is 9.64 Å². The van der Waals surface area contributed by atoms with Crippen LogP contribution in [0.3, 0.4) is 0 Å². The molecule has 0 fully saturated rings. The van der Waals surface area contributed by atoms with E-state index >= 15 is 0 Å². The third-order valence-electron chi connectivity index (χ3n) is 3.72. The van der Waals surface area contributed by atoms with Gasteiger partial charge >= 0.3 is 0 Å². The number of hydrogen-bond donors (Lipinski definition) is 0. The van der Waals surface area contributed by atoms with E-state index in [2.05, 4.69) is 9.97 Å². The van der Waals surface area contributed by atoms with Crippen LogP contribution in [0.5, 0.6) is 5.88 Å². The molecule has 0 unspecified atom stereocenters. The molecule has 0 N–H and O–H groups in total. The summed E-state index contributed by atoms with van der Waals surface area (Å²) in [7, 11) is 1.47. The number of amides is 1. The minimum Gasteiger partial charge on any atom is -0.481 e. The lowest BCUT2D eigenvalue weighted by Gasteiger charge is -2.33. The summed E-state index contributed by atoms with van der Waals surface area (Å²) >= 11 is 0. The van der Waals surface area contributed by atoms with Crippen LogP contribution in [-0.2, 0) is 6.42 Å². The molecular formula is C16H16FN3O2. The Morgan fingerprint density at radius 2 is 2.23 bits per heavy atom. The van der Waals surface area contributed by atoms with Gasteiger partial charge in [-0.2, -0.15) is 0 Å². The molecule has 0 bridgehead atoms. The van der Waals surface area contributed by atoms with Gasteiger partial charge in [0.15, 0.2) is 0 Å². The Kier molecular flexibility index (Phi) is 3.75. The molecule has 114 valence electrons. The van der Waals surface area contributed by atoms with E-state index in [1.165, 1.54) is 30.5 Å². The highest BCUT2D eigenvalue weighted by atomic mass is 19.1. The number of methoxy groups -OCH3 is 1. The maximum Gasteiger partial charge on any atom is 0.277 e. The second kappa shape index (κ2) is 5.71. The molecule has 5 nitrogen and oxygen atoms in total. The summed E-state index contributed by atoms with van der Waals surface area (Å²) in [5, 5.41) is 0.